The molecule has 1 amide bonds. The molecule has 108 valence electrons. The van der Waals surface area contributed by atoms with Crippen molar-refractivity contribution < 1.29 is 19.1 Å². The second-order valence-electron chi connectivity index (χ2n) is 6.51. The van der Waals surface area contributed by atoms with Crippen LogP contribution in [0.15, 0.2) is 0 Å². The number of carbonyl (C=O) groups is 2. The van der Waals surface area contributed by atoms with Crippen molar-refractivity contribution in [1.82, 2.24) is 4.90 Å². The van der Waals surface area contributed by atoms with Crippen LogP contribution in [0.25, 0.3) is 0 Å². The molecule has 0 aliphatic carbocycles. The molecular weight excluding hydrogens is 246 g/mol. The Morgan fingerprint density at radius 1 is 1.42 bits per heavy atom. The summed E-state index contributed by atoms with van der Waals surface area (Å²) in [6, 6.07) is 0. The average molecular weight is 269 g/mol. The fraction of sp³-hybridized carbons (Fsp3) is 0.857. The molecule has 1 spiro atoms. The van der Waals surface area contributed by atoms with E-state index in [1.54, 1.807) is 4.90 Å². The molecule has 0 saturated carbocycles. The summed E-state index contributed by atoms with van der Waals surface area (Å²) in [6.45, 7) is 7.57. The van der Waals surface area contributed by atoms with Gasteiger partial charge in [0.2, 0.25) is 0 Å². The Morgan fingerprint density at radius 2 is 2.16 bits per heavy atom. The zero-order valence-electron chi connectivity index (χ0n) is 12.0. The van der Waals surface area contributed by atoms with Crippen molar-refractivity contribution in [3.05, 3.63) is 0 Å². The molecule has 2 saturated heterocycles. The standard InChI is InChI=1S/C14H23NO4/c1-13(2,3)19-12(17)15-7-4-6-14(9-15)10-18-8-5-11(14)16/h4-10H2,1-3H3. The van der Waals surface area contributed by atoms with Gasteiger partial charge in [0.1, 0.15) is 11.4 Å². The molecule has 5 nitrogen and oxygen atoms in total. The third-order valence-corrected chi connectivity index (χ3v) is 3.67. The number of piperidine rings is 1. The minimum Gasteiger partial charge on any atom is -0.444 e. The molecule has 0 bridgehead atoms. The number of hydrogen-bond donors (Lipinski definition) is 0. The summed E-state index contributed by atoms with van der Waals surface area (Å²) in [5.74, 6) is 0.229. The van der Waals surface area contributed by atoms with E-state index < -0.39 is 11.0 Å². The van der Waals surface area contributed by atoms with Crippen molar-refractivity contribution in [2.45, 2.75) is 45.6 Å². The molecule has 5 heteroatoms. The number of hydrogen-bond acceptors (Lipinski definition) is 4. The first-order chi connectivity index (χ1) is 8.82. The van der Waals surface area contributed by atoms with E-state index in [0.717, 1.165) is 12.8 Å². The lowest BCUT2D eigenvalue weighted by Crippen LogP contribution is -2.54. The topological polar surface area (TPSA) is 55.8 Å². The molecule has 0 N–H and O–H groups in total. The Labute approximate surface area is 114 Å². The third-order valence-electron chi connectivity index (χ3n) is 3.67. The van der Waals surface area contributed by atoms with Crippen LogP contribution in [-0.4, -0.2) is 48.7 Å². The van der Waals surface area contributed by atoms with Gasteiger partial charge in [0.05, 0.1) is 18.6 Å². The van der Waals surface area contributed by atoms with Crippen LogP contribution in [0.1, 0.15) is 40.0 Å². The van der Waals surface area contributed by atoms with Crippen molar-refractivity contribution >= 4 is 11.9 Å². The van der Waals surface area contributed by atoms with E-state index in [4.69, 9.17) is 9.47 Å². The van der Waals surface area contributed by atoms with E-state index >= 15 is 0 Å². The summed E-state index contributed by atoms with van der Waals surface area (Å²) >= 11 is 0. The highest BCUT2D eigenvalue weighted by atomic mass is 16.6. The smallest absolute Gasteiger partial charge is 0.410 e. The Balaban J connectivity index is 2.04. The molecule has 1 unspecified atom stereocenters. The molecule has 19 heavy (non-hydrogen) atoms. The second kappa shape index (κ2) is 5.12. The van der Waals surface area contributed by atoms with E-state index in [1.165, 1.54) is 0 Å². The predicted octanol–water partition coefficient (Wildman–Crippen LogP) is 1.99. The van der Waals surface area contributed by atoms with E-state index in [9.17, 15) is 9.59 Å². The van der Waals surface area contributed by atoms with Gasteiger partial charge in [0.15, 0.2) is 0 Å². The van der Waals surface area contributed by atoms with Crippen LogP contribution in [0, 0.1) is 5.41 Å². The lowest BCUT2D eigenvalue weighted by molar-refractivity contribution is -0.145. The zero-order valence-corrected chi connectivity index (χ0v) is 12.0. The SMILES string of the molecule is CC(C)(C)OC(=O)N1CCCC2(COCCC2=O)C1. The van der Waals surface area contributed by atoms with Crippen LogP contribution >= 0.6 is 0 Å². The molecule has 1 atom stereocenters. The van der Waals surface area contributed by atoms with Crippen LogP contribution in [-0.2, 0) is 14.3 Å². The number of ether oxygens (including phenoxy) is 2. The fourth-order valence-corrected chi connectivity index (χ4v) is 2.74. The summed E-state index contributed by atoms with van der Waals surface area (Å²) in [7, 11) is 0. The Kier molecular flexibility index (Phi) is 3.85. The summed E-state index contributed by atoms with van der Waals surface area (Å²) in [6.07, 6.45) is 1.77. The monoisotopic (exact) mass is 269 g/mol. The highest BCUT2D eigenvalue weighted by Crippen LogP contribution is 2.35. The van der Waals surface area contributed by atoms with Gasteiger partial charge in [-0.3, -0.25) is 4.79 Å². The van der Waals surface area contributed by atoms with E-state index in [-0.39, 0.29) is 11.9 Å². The Hall–Kier alpha value is -1.10. The molecule has 2 heterocycles. The summed E-state index contributed by atoms with van der Waals surface area (Å²) in [5.41, 5.74) is -0.998. The third kappa shape index (κ3) is 3.26. The second-order valence-corrected chi connectivity index (χ2v) is 6.51. The van der Waals surface area contributed by atoms with Gasteiger partial charge < -0.3 is 14.4 Å². The van der Waals surface area contributed by atoms with Gasteiger partial charge in [0.25, 0.3) is 0 Å². The van der Waals surface area contributed by atoms with Crippen LogP contribution in [0.2, 0.25) is 0 Å². The van der Waals surface area contributed by atoms with Gasteiger partial charge in [-0.2, -0.15) is 0 Å². The minimum absolute atomic E-state index is 0.229. The lowest BCUT2D eigenvalue weighted by Gasteiger charge is -2.43. The number of amides is 1. The minimum atomic E-state index is -0.505. The molecular formula is C14H23NO4. The number of rotatable bonds is 0. The summed E-state index contributed by atoms with van der Waals surface area (Å²) < 4.78 is 10.8. The summed E-state index contributed by atoms with van der Waals surface area (Å²) in [5, 5.41) is 0. The fourth-order valence-electron chi connectivity index (χ4n) is 2.74. The largest absolute Gasteiger partial charge is 0.444 e. The van der Waals surface area contributed by atoms with Crippen LogP contribution in [0.3, 0.4) is 0 Å². The number of ketones is 1. The maximum Gasteiger partial charge on any atom is 0.410 e. The average Bonchev–Trinajstić information content (AvgIpc) is 2.31. The number of likely N-dealkylation sites (tertiary alicyclic amines) is 1. The first-order valence-electron chi connectivity index (χ1n) is 6.91. The van der Waals surface area contributed by atoms with Gasteiger partial charge in [-0.1, -0.05) is 0 Å². The van der Waals surface area contributed by atoms with Crippen molar-refractivity contribution in [3.63, 3.8) is 0 Å². The first-order valence-corrected chi connectivity index (χ1v) is 6.91. The predicted molar refractivity (Wildman–Crippen MR) is 69.9 cm³/mol. The lowest BCUT2D eigenvalue weighted by atomic mass is 9.75. The van der Waals surface area contributed by atoms with Gasteiger partial charge in [-0.05, 0) is 33.6 Å². The van der Waals surface area contributed by atoms with Crippen molar-refractivity contribution in [1.29, 1.82) is 0 Å². The van der Waals surface area contributed by atoms with E-state index in [0.29, 0.717) is 32.7 Å². The normalized spacial score (nSPS) is 28.6. The number of carbonyl (C=O) groups excluding carboxylic acids is 2. The molecule has 2 aliphatic rings. The maximum atomic E-state index is 12.2. The van der Waals surface area contributed by atoms with Crippen LogP contribution < -0.4 is 0 Å². The molecule has 2 fully saturated rings. The van der Waals surface area contributed by atoms with Crippen LogP contribution in [0.5, 0.6) is 0 Å². The van der Waals surface area contributed by atoms with E-state index in [1.807, 2.05) is 20.8 Å². The molecule has 0 aromatic carbocycles. The van der Waals surface area contributed by atoms with Gasteiger partial charge in [0, 0.05) is 19.5 Å². The van der Waals surface area contributed by atoms with Crippen molar-refractivity contribution in [3.8, 4) is 0 Å². The Bertz CT molecular complexity index is 370. The maximum absolute atomic E-state index is 12.2. The van der Waals surface area contributed by atoms with Gasteiger partial charge in [-0.15, -0.1) is 0 Å². The van der Waals surface area contributed by atoms with E-state index in [2.05, 4.69) is 0 Å². The Morgan fingerprint density at radius 3 is 2.79 bits per heavy atom. The number of nitrogens with zero attached hydrogens (tertiary/aromatic N) is 1. The van der Waals surface area contributed by atoms with Gasteiger partial charge in [-0.25, -0.2) is 4.79 Å². The quantitative estimate of drug-likeness (QED) is 0.675. The highest BCUT2D eigenvalue weighted by molar-refractivity contribution is 5.86. The van der Waals surface area contributed by atoms with Crippen molar-refractivity contribution in [2.75, 3.05) is 26.3 Å². The zero-order chi connectivity index (χ0) is 14.1. The molecule has 0 aromatic heterocycles. The molecule has 0 aromatic rings. The van der Waals surface area contributed by atoms with Crippen molar-refractivity contribution in [2.24, 2.45) is 5.41 Å². The molecule has 2 rings (SSSR count). The molecule has 2 aliphatic heterocycles. The van der Waals surface area contributed by atoms with Gasteiger partial charge >= 0.3 is 6.09 Å². The highest BCUT2D eigenvalue weighted by Gasteiger charge is 2.45. The molecule has 0 radical (unpaired) electrons. The van der Waals surface area contributed by atoms with Crippen LogP contribution in [0.4, 0.5) is 4.79 Å². The first kappa shape index (κ1) is 14.3. The number of Topliss-reactive ketones (excluding diaryl/α,β-unsaturated/α-hetero) is 1. The summed E-state index contributed by atoms with van der Waals surface area (Å²) in [4.78, 5) is 25.9.